The van der Waals surface area contributed by atoms with Gasteiger partial charge in [0.25, 0.3) is 0 Å². The number of benzene rings is 1. The van der Waals surface area contributed by atoms with Crippen LogP contribution in [0.3, 0.4) is 0 Å². The minimum atomic E-state index is -2.74. The summed E-state index contributed by atoms with van der Waals surface area (Å²) in [6.07, 6.45) is 0.449. The molecule has 0 aliphatic rings. The molecule has 0 aliphatic heterocycles. The summed E-state index contributed by atoms with van der Waals surface area (Å²) in [5.41, 5.74) is -1.49. The molecular formula is C22H32N4O9. The van der Waals surface area contributed by atoms with Crippen LogP contribution in [0, 0.1) is 0 Å². The van der Waals surface area contributed by atoms with E-state index in [4.69, 9.17) is 30.3 Å². The molecule has 0 bridgehead atoms. The molecule has 1 aromatic carbocycles. The summed E-state index contributed by atoms with van der Waals surface area (Å²) in [5.74, 6) is -2.84. The topological polar surface area (TPSA) is 206 Å². The summed E-state index contributed by atoms with van der Waals surface area (Å²) in [6, 6.07) is 8.21. The maximum atomic E-state index is 10.3. The molecule has 0 atom stereocenters. The van der Waals surface area contributed by atoms with Crippen molar-refractivity contribution >= 4 is 17.9 Å². The molecular weight excluding hydrogens is 464 g/mol. The molecule has 0 fully saturated rings. The van der Waals surface area contributed by atoms with Gasteiger partial charge in [-0.1, -0.05) is 12.1 Å². The Kier molecular flexibility index (Phi) is 12.3. The van der Waals surface area contributed by atoms with Crippen molar-refractivity contribution in [2.45, 2.75) is 50.9 Å². The smallest absolute Gasteiger partial charge is 0.336 e. The highest BCUT2D eigenvalue weighted by Crippen LogP contribution is 2.16. The number of carboxylic acids is 3. The number of ether oxygens (including phenoxy) is 1. The Bertz CT molecular complexity index is 946. The molecule has 0 radical (unpaired) electrons. The van der Waals surface area contributed by atoms with Gasteiger partial charge in [0, 0.05) is 13.0 Å². The molecule has 0 aliphatic carbocycles. The maximum absolute atomic E-state index is 10.3. The highest BCUT2D eigenvalue weighted by molar-refractivity contribution is 5.88. The van der Waals surface area contributed by atoms with E-state index in [9.17, 15) is 14.4 Å². The van der Waals surface area contributed by atoms with Crippen LogP contribution in [0.25, 0.3) is 0 Å². The third-order valence-corrected chi connectivity index (χ3v) is 4.48. The van der Waals surface area contributed by atoms with Crippen molar-refractivity contribution in [2.75, 3.05) is 20.7 Å². The number of unbranched alkanes of at least 4 members (excludes halogenated alkanes) is 1. The first-order chi connectivity index (χ1) is 16.4. The Morgan fingerprint density at radius 2 is 1.74 bits per heavy atom. The van der Waals surface area contributed by atoms with Gasteiger partial charge in [-0.2, -0.15) is 5.10 Å². The molecule has 2 rings (SSSR count). The van der Waals surface area contributed by atoms with Crippen LogP contribution < -0.4 is 4.74 Å². The number of aliphatic hydroxyl groups is 2. The lowest BCUT2D eigenvalue weighted by atomic mass is 9.96. The van der Waals surface area contributed by atoms with E-state index in [1.54, 1.807) is 0 Å². The third kappa shape index (κ3) is 11.9. The lowest BCUT2D eigenvalue weighted by Crippen LogP contribution is -2.42. The molecule has 0 unspecified atom stereocenters. The minimum Gasteiger partial charge on any atom is -0.494 e. The van der Waals surface area contributed by atoms with Gasteiger partial charge in [0.05, 0.1) is 19.4 Å². The van der Waals surface area contributed by atoms with Crippen molar-refractivity contribution < 1.29 is 44.7 Å². The van der Waals surface area contributed by atoms with Crippen LogP contribution >= 0.6 is 0 Å². The molecule has 13 heteroatoms. The molecule has 0 saturated carbocycles. The number of aliphatic hydroxyl groups excluding tert-OH is 1. The molecule has 1 aromatic heterocycles. The number of carbonyl (C=O) groups is 3. The summed E-state index contributed by atoms with van der Waals surface area (Å²) in [5, 5.41) is 49.4. The summed E-state index contributed by atoms with van der Waals surface area (Å²) in [6.45, 7) is 1.48. The zero-order chi connectivity index (χ0) is 26.4. The second kappa shape index (κ2) is 14.7. The fraction of sp³-hybridized carbons (Fsp3) is 0.500. The fourth-order valence-electron chi connectivity index (χ4n) is 2.91. The SMILES string of the molecule is CN(C)Cc1cccc(OCCCCc2nc(CO)n[nH]2)c1.O=C(O)CC(O)(CC(=O)O)C(=O)O. The summed E-state index contributed by atoms with van der Waals surface area (Å²) >= 11 is 0. The normalized spacial score (nSPS) is 11.0. The van der Waals surface area contributed by atoms with Crippen molar-refractivity contribution in [1.82, 2.24) is 20.1 Å². The third-order valence-electron chi connectivity index (χ3n) is 4.48. The van der Waals surface area contributed by atoms with Crippen molar-refractivity contribution in [3.8, 4) is 5.75 Å². The number of nitrogens with one attached hydrogen (secondary N) is 1. The molecule has 0 amide bonds. The Balaban J connectivity index is 0.000000405. The second-order valence-electron chi connectivity index (χ2n) is 8.02. The predicted molar refractivity (Wildman–Crippen MR) is 122 cm³/mol. The highest BCUT2D eigenvalue weighted by Gasteiger charge is 2.40. The Labute approximate surface area is 202 Å². The number of aromatic amines is 1. The van der Waals surface area contributed by atoms with E-state index in [-0.39, 0.29) is 6.61 Å². The highest BCUT2D eigenvalue weighted by atomic mass is 16.5. The molecule has 13 nitrogen and oxygen atoms in total. The zero-order valence-electron chi connectivity index (χ0n) is 19.7. The van der Waals surface area contributed by atoms with Gasteiger partial charge in [-0.3, -0.25) is 14.7 Å². The van der Waals surface area contributed by atoms with Crippen LogP contribution in [0.15, 0.2) is 24.3 Å². The van der Waals surface area contributed by atoms with E-state index in [2.05, 4.69) is 46.3 Å². The average molecular weight is 497 g/mol. The first-order valence-electron chi connectivity index (χ1n) is 10.7. The molecule has 2 aromatic rings. The van der Waals surface area contributed by atoms with Crippen LogP contribution in [0.2, 0.25) is 0 Å². The van der Waals surface area contributed by atoms with Crippen molar-refractivity contribution in [1.29, 1.82) is 0 Å². The average Bonchev–Trinajstić information content (AvgIpc) is 3.20. The van der Waals surface area contributed by atoms with Gasteiger partial charge >= 0.3 is 17.9 Å². The molecule has 194 valence electrons. The zero-order valence-corrected chi connectivity index (χ0v) is 19.7. The Hall–Kier alpha value is -3.55. The van der Waals surface area contributed by atoms with Crippen molar-refractivity contribution in [3.63, 3.8) is 0 Å². The molecule has 0 saturated heterocycles. The van der Waals surface area contributed by atoms with Gasteiger partial charge in [-0.15, -0.1) is 0 Å². The first-order valence-corrected chi connectivity index (χ1v) is 10.7. The standard InChI is InChI=1S/C16H24N4O2.C6H8O7/c1-20(2)11-13-6-5-7-14(10-13)22-9-4-3-8-15-17-16(12-21)19-18-15;7-3(8)1-6(13,5(11)12)2-4(9)10/h5-7,10,21H,3-4,8-9,11-12H2,1-2H3,(H,17,18,19);13H,1-2H2,(H,7,8)(H,9,10)(H,11,12). The molecule has 1 heterocycles. The van der Waals surface area contributed by atoms with E-state index in [0.717, 1.165) is 37.4 Å². The van der Waals surface area contributed by atoms with Gasteiger partial charge in [0.1, 0.15) is 18.2 Å². The number of hydrogen-bond acceptors (Lipinski definition) is 9. The van der Waals surface area contributed by atoms with Crippen LogP contribution in [-0.2, 0) is 34.0 Å². The van der Waals surface area contributed by atoms with Gasteiger partial charge in [-0.05, 0) is 44.6 Å². The van der Waals surface area contributed by atoms with E-state index >= 15 is 0 Å². The summed E-state index contributed by atoms with van der Waals surface area (Å²) < 4.78 is 5.79. The van der Waals surface area contributed by atoms with Crippen LogP contribution in [-0.4, -0.2) is 89.8 Å². The van der Waals surface area contributed by atoms with Gasteiger partial charge in [0.2, 0.25) is 0 Å². The number of aliphatic carboxylic acids is 3. The van der Waals surface area contributed by atoms with E-state index in [0.29, 0.717) is 12.4 Å². The first kappa shape index (κ1) is 29.5. The van der Waals surface area contributed by atoms with E-state index in [1.807, 2.05) is 12.1 Å². The number of carboxylic acid groups (broad SMARTS) is 3. The van der Waals surface area contributed by atoms with Crippen LogP contribution in [0.4, 0.5) is 0 Å². The van der Waals surface area contributed by atoms with Gasteiger partial charge in [0.15, 0.2) is 11.4 Å². The summed E-state index contributed by atoms with van der Waals surface area (Å²) in [4.78, 5) is 36.8. The number of aromatic nitrogens is 3. The predicted octanol–water partition coefficient (Wildman–Crippen LogP) is 0.512. The quantitative estimate of drug-likeness (QED) is 0.198. The van der Waals surface area contributed by atoms with Crippen LogP contribution in [0.5, 0.6) is 5.75 Å². The van der Waals surface area contributed by atoms with E-state index < -0.39 is 36.4 Å². The number of rotatable bonds is 14. The van der Waals surface area contributed by atoms with Crippen molar-refractivity contribution in [3.05, 3.63) is 41.5 Å². The maximum Gasteiger partial charge on any atom is 0.336 e. The lowest BCUT2D eigenvalue weighted by molar-refractivity contribution is -0.170. The number of H-pyrrole nitrogens is 1. The Morgan fingerprint density at radius 1 is 1.09 bits per heavy atom. The molecule has 6 N–H and O–H groups in total. The Morgan fingerprint density at radius 3 is 2.26 bits per heavy atom. The minimum absolute atomic E-state index is 0.122. The molecule has 35 heavy (non-hydrogen) atoms. The van der Waals surface area contributed by atoms with Gasteiger partial charge < -0.3 is 35.2 Å². The summed E-state index contributed by atoms with van der Waals surface area (Å²) in [7, 11) is 4.11. The van der Waals surface area contributed by atoms with Gasteiger partial charge in [-0.25, -0.2) is 9.78 Å². The number of aryl methyl sites for hydroxylation is 1. The van der Waals surface area contributed by atoms with E-state index in [1.165, 1.54) is 5.56 Å². The monoisotopic (exact) mass is 496 g/mol. The fourth-order valence-corrected chi connectivity index (χ4v) is 2.91. The number of nitrogens with zero attached hydrogens (tertiary/aromatic N) is 3. The molecule has 0 spiro atoms. The largest absolute Gasteiger partial charge is 0.494 e. The number of hydrogen-bond donors (Lipinski definition) is 6. The lowest BCUT2D eigenvalue weighted by Gasteiger charge is -2.18. The second-order valence-corrected chi connectivity index (χ2v) is 8.02. The van der Waals surface area contributed by atoms with Crippen molar-refractivity contribution in [2.24, 2.45) is 0 Å². The van der Waals surface area contributed by atoms with Crippen LogP contribution in [0.1, 0.15) is 42.9 Å².